The van der Waals surface area contributed by atoms with E-state index in [0.717, 1.165) is 49.2 Å². The fraction of sp³-hybridized carbons (Fsp3) is 0.303. The molecule has 2 aliphatic heterocycles. The van der Waals surface area contributed by atoms with Crippen LogP contribution in [0.25, 0.3) is 6.08 Å². The molecule has 0 aromatic heterocycles. The lowest BCUT2D eigenvalue weighted by atomic mass is 10.1. The summed E-state index contributed by atoms with van der Waals surface area (Å²) in [5, 5.41) is 0.685. The fourth-order valence-corrected chi connectivity index (χ4v) is 5.88. The lowest BCUT2D eigenvalue weighted by Gasteiger charge is -2.26. The van der Waals surface area contributed by atoms with Crippen LogP contribution in [-0.4, -0.2) is 53.5 Å². The maximum atomic E-state index is 13.2. The van der Waals surface area contributed by atoms with Gasteiger partial charge in [-0.2, -0.15) is 0 Å². The van der Waals surface area contributed by atoms with Crippen LogP contribution in [0.4, 0.5) is 5.69 Å². The number of benzene rings is 3. The van der Waals surface area contributed by atoms with Gasteiger partial charge in [0.15, 0.2) is 16.7 Å². The number of amides is 2. The van der Waals surface area contributed by atoms with Crippen LogP contribution in [0, 0.1) is 0 Å². The van der Waals surface area contributed by atoms with Crippen LogP contribution in [0.1, 0.15) is 54.1 Å². The number of para-hydroxylation sites is 1. The molecule has 7 nitrogen and oxygen atoms in total. The number of thioether (sulfide) groups is 1. The first-order valence-corrected chi connectivity index (χ1v) is 14.9. The minimum Gasteiger partial charge on any atom is -0.493 e. The molecule has 5 rings (SSSR count). The summed E-state index contributed by atoms with van der Waals surface area (Å²) in [6.45, 7) is 4.67. The van der Waals surface area contributed by atoms with Crippen LogP contribution >= 0.6 is 11.8 Å². The number of hydrogen-bond acceptors (Lipinski definition) is 6. The number of methoxy groups -OCH3 is 1. The van der Waals surface area contributed by atoms with Gasteiger partial charge in [0.05, 0.1) is 17.7 Å². The molecule has 2 saturated heterocycles. The molecule has 2 aliphatic rings. The van der Waals surface area contributed by atoms with Crippen LogP contribution in [0.5, 0.6) is 11.5 Å². The summed E-state index contributed by atoms with van der Waals surface area (Å²) in [5.74, 6) is 1.23. The molecule has 0 aliphatic carbocycles. The summed E-state index contributed by atoms with van der Waals surface area (Å²) in [5.41, 5.74) is 3.32. The third kappa shape index (κ3) is 7.00. The molecule has 212 valence electrons. The Labute approximate surface area is 245 Å². The molecule has 2 heterocycles. The van der Waals surface area contributed by atoms with Crippen molar-refractivity contribution in [1.82, 2.24) is 9.80 Å². The Morgan fingerprint density at radius 2 is 1.73 bits per heavy atom. The number of aliphatic imine (C=N–C) groups is 1. The predicted molar refractivity (Wildman–Crippen MR) is 165 cm³/mol. The van der Waals surface area contributed by atoms with Gasteiger partial charge in [-0.15, -0.1) is 0 Å². The minimum absolute atomic E-state index is 0.0481. The second-order valence-corrected chi connectivity index (χ2v) is 11.1. The zero-order chi connectivity index (χ0) is 28.6. The number of amidine groups is 1. The minimum atomic E-state index is -0.0481. The monoisotopic (exact) mass is 569 g/mol. The summed E-state index contributed by atoms with van der Waals surface area (Å²) in [4.78, 5) is 35.0. The maximum Gasteiger partial charge on any atom is 0.266 e. The van der Waals surface area contributed by atoms with Gasteiger partial charge in [-0.25, -0.2) is 4.99 Å². The Morgan fingerprint density at radius 1 is 0.976 bits per heavy atom. The van der Waals surface area contributed by atoms with Crippen LogP contribution in [0.2, 0.25) is 0 Å². The summed E-state index contributed by atoms with van der Waals surface area (Å²) in [6, 6.07) is 22.9. The number of hydrogen-bond donors (Lipinski definition) is 0. The topological polar surface area (TPSA) is 71.4 Å². The van der Waals surface area contributed by atoms with E-state index in [1.54, 1.807) is 12.0 Å². The first-order chi connectivity index (χ1) is 20.1. The Balaban J connectivity index is 1.26. The largest absolute Gasteiger partial charge is 0.493 e. The van der Waals surface area contributed by atoms with Gasteiger partial charge in [0.1, 0.15) is 6.61 Å². The zero-order valence-electron chi connectivity index (χ0n) is 23.5. The van der Waals surface area contributed by atoms with E-state index in [2.05, 4.69) is 0 Å². The molecule has 2 amide bonds. The molecule has 0 bridgehead atoms. The highest BCUT2D eigenvalue weighted by molar-refractivity contribution is 8.18. The van der Waals surface area contributed by atoms with E-state index in [-0.39, 0.29) is 11.8 Å². The van der Waals surface area contributed by atoms with Crippen LogP contribution < -0.4 is 9.47 Å². The van der Waals surface area contributed by atoms with Crippen molar-refractivity contribution in [2.24, 2.45) is 4.99 Å². The Morgan fingerprint density at radius 3 is 2.44 bits per heavy atom. The zero-order valence-corrected chi connectivity index (χ0v) is 24.4. The number of ether oxygens (including phenoxy) is 2. The van der Waals surface area contributed by atoms with Crippen LogP contribution in [0.3, 0.4) is 0 Å². The number of piperidine rings is 1. The molecule has 3 aromatic rings. The van der Waals surface area contributed by atoms with Crippen molar-refractivity contribution in [2.45, 2.75) is 39.2 Å². The molecule has 0 N–H and O–H groups in total. The Kier molecular flexibility index (Phi) is 9.41. The van der Waals surface area contributed by atoms with Crippen molar-refractivity contribution < 1.29 is 19.1 Å². The number of carbonyl (C=O) groups excluding carboxylic acids is 2. The normalized spacial score (nSPS) is 17.4. The number of likely N-dealkylation sites (tertiary alicyclic amines) is 1. The van der Waals surface area contributed by atoms with Gasteiger partial charge in [0.25, 0.3) is 11.8 Å². The van der Waals surface area contributed by atoms with Gasteiger partial charge in [-0.3, -0.25) is 14.5 Å². The Bertz CT molecular complexity index is 1430. The Hall–Kier alpha value is -4.04. The van der Waals surface area contributed by atoms with Crippen molar-refractivity contribution in [3.8, 4) is 11.5 Å². The van der Waals surface area contributed by atoms with E-state index in [1.165, 1.54) is 18.2 Å². The van der Waals surface area contributed by atoms with Crippen molar-refractivity contribution in [1.29, 1.82) is 0 Å². The second-order valence-electron chi connectivity index (χ2n) is 10.0. The molecule has 0 saturated carbocycles. The van der Waals surface area contributed by atoms with Crippen molar-refractivity contribution in [3.63, 3.8) is 0 Å². The van der Waals surface area contributed by atoms with E-state index in [9.17, 15) is 9.59 Å². The first-order valence-electron chi connectivity index (χ1n) is 14.1. The van der Waals surface area contributed by atoms with E-state index >= 15 is 0 Å². The average Bonchev–Trinajstić information content (AvgIpc) is 3.30. The number of carbonyl (C=O) groups is 2. The summed E-state index contributed by atoms with van der Waals surface area (Å²) < 4.78 is 11.7. The van der Waals surface area contributed by atoms with Crippen LogP contribution in [0.15, 0.2) is 82.7 Å². The molecule has 0 spiro atoms. The highest BCUT2D eigenvalue weighted by atomic mass is 32.2. The van der Waals surface area contributed by atoms with Gasteiger partial charge in [0, 0.05) is 25.2 Å². The molecule has 2 fully saturated rings. The van der Waals surface area contributed by atoms with Gasteiger partial charge in [-0.1, -0.05) is 43.3 Å². The third-order valence-corrected chi connectivity index (χ3v) is 8.05. The molecular formula is C33H35N3O4S. The molecule has 0 atom stereocenters. The highest BCUT2D eigenvalue weighted by Crippen LogP contribution is 2.36. The van der Waals surface area contributed by atoms with Crippen molar-refractivity contribution in [2.75, 3.05) is 26.7 Å². The first kappa shape index (κ1) is 28.5. The standard InChI is InChI=1S/C33H35N3O4S/c1-3-18-36-32(38)30(41-33(36)34-27-10-6-4-7-11-27)22-25-14-17-28(29(21-25)39-2)40-23-24-12-15-26(16-13-24)31(37)35-19-8-5-9-20-35/h4,6-7,10-17,21-22H,3,5,8-9,18-20,23H2,1-2H3/b30-22-,34-33?. The molecule has 3 aromatic carbocycles. The summed E-state index contributed by atoms with van der Waals surface area (Å²) in [6.07, 6.45) is 6.05. The van der Waals surface area contributed by atoms with Gasteiger partial charge in [0.2, 0.25) is 0 Å². The average molecular weight is 570 g/mol. The molecule has 41 heavy (non-hydrogen) atoms. The van der Waals surface area contributed by atoms with Gasteiger partial charge < -0.3 is 14.4 Å². The van der Waals surface area contributed by atoms with Crippen LogP contribution in [-0.2, 0) is 11.4 Å². The van der Waals surface area contributed by atoms with Gasteiger partial charge in [-0.05, 0) is 91.0 Å². The third-order valence-electron chi connectivity index (χ3n) is 7.04. The highest BCUT2D eigenvalue weighted by Gasteiger charge is 2.32. The number of rotatable bonds is 9. The SMILES string of the molecule is CCCN1C(=O)/C(=C/c2ccc(OCc3ccc(C(=O)N4CCCCC4)cc3)c(OC)c2)SC1=Nc1ccccc1. The second kappa shape index (κ2) is 13.5. The van der Waals surface area contributed by atoms with Crippen molar-refractivity contribution >= 4 is 40.5 Å². The molecular weight excluding hydrogens is 534 g/mol. The quantitative estimate of drug-likeness (QED) is 0.262. The molecule has 8 heteroatoms. The van der Waals surface area contributed by atoms with Gasteiger partial charge >= 0.3 is 0 Å². The molecule has 0 unspecified atom stereocenters. The van der Waals surface area contributed by atoms with E-state index < -0.39 is 0 Å². The summed E-state index contributed by atoms with van der Waals surface area (Å²) in [7, 11) is 1.60. The smallest absolute Gasteiger partial charge is 0.266 e. The lowest BCUT2D eigenvalue weighted by Crippen LogP contribution is -2.35. The van der Waals surface area contributed by atoms with Crippen molar-refractivity contribution in [3.05, 3.63) is 94.4 Å². The lowest BCUT2D eigenvalue weighted by molar-refractivity contribution is -0.122. The molecule has 0 radical (unpaired) electrons. The fourth-order valence-electron chi connectivity index (χ4n) is 4.85. The summed E-state index contributed by atoms with van der Waals surface area (Å²) >= 11 is 1.38. The predicted octanol–water partition coefficient (Wildman–Crippen LogP) is 6.91. The maximum absolute atomic E-state index is 13.2. The van der Waals surface area contributed by atoms with E-state index in [1.807, 2.05) is 90.7 Å². The number of nitrogens with zero attached hydrogens (tertiary/aromatic N) is 3. The van der Waals surface area contributed by atoms with E-state index in [0.29, 0.717) is 40.3 Å². The van der Waals surface area contributed by atoms with E-state index in [4.69, 9.17) is 14.5 Å².